The first-order valence-electron chi connectivity index (χ1n) is 11.2. The summed E-state index contributed by atoms with van der Waals surface area (Å²) in [6.45, 7) is 11.9. The van der Waals surface area contributed by atoms with Gasteiger partial charge in [-0.05, 0) is 72.7 Å². The second-order valence-corrected chi connectivity index (χ2v) is 9.71. The molecule has 1 fully saturated rings. The molecule has 0 spiro atoms. The normalized spacial score (nSPS) is 15.5. The third-order valence-electron chi connectivity index (χ3n) is 5.94. The second-order valence-electron chi connectivity index (χ2n) is 9.71. The van der Waals surface area contributed by atoms with Crippen molar-refractivity contribution in [1.29, 1.82) is 0 Å². The minimum absolute atomic E-state index is 0.0385. The Morgan fingerprint density at radius 1 is 0.968 bits per heavy atom. The molecule has 1 saturated heterocycles. The second kappa shape index (κ2) is 10.1. The summed E-state index contributed by atoms with van der Waals surface area (Å²) < 4.78 is 0. The van der Waals surface area contributed by atoms with Gasteiger partial charge in [0, 0.05) is 17.8 Å². The van der Waals surface area contributed by atoms with Gasteiger partial charge in [-0.25, -0.2) is 0 Å². The molecule has 2 aromatic carbocycles. The van der Waals surface area contributed by atoms with Crippen molar-refractivity contribution < 1.29 is 9.59 Å². The lowest BCUT2D eigenvalue weighted by atomic mass is 9.87. The van der Waals surface area contributed by atoms with E-state index < -0.39 is 0 Å². The summed E-state index contributed by atoms with van der Waals surface area (Å²) in [5, 5.41) is 5.54. The molecule has 0 unspecified atom stereocenters. The zero-order valence-corrected chi connectivity index (χ0v) is 19.2. The Morgan fingerprint density at radius 3 is 2.16 bits per heavy atom. The zero-order valence-electron chi connectivity index (χ0n) is 19.2. The molecule has 5 nitrogen and oxygen atoms in total. The summed E-state index contributed by atoms with van der Waals surface area (Å²) in [6.07, 6.45) is 2.53. The Balaban J connectivity index is 1.44. The molecule has 0 bridgehead atoms. The van der Waals surface area contributed by atoms with Gasteiger partial charge in [-0.2, -0.15) is 0 Å². The quantitative estimate of drug-likeness (QED) is 0.717. The molecule has 2 N–H and O–H groups in total. The number of hydrogen-bond donors (Lipinski definition) is 2. The number of anilines is 1. The van der Waals surface area contributed by atoms with Gasteiger partial charge in [0.25, 0.3) is 5.91 Å². The maximum atomic E-state index is 12.3. The fourth-order valence-electron chi connectivity index (χ4n) is 3.76. The zero-order chi connectivity index (χ0) is 22.4. The fraction of sp³-hybridized carbons (Fsp3) is 0.462. The number of nitrogens with zero attached hydrogens (tertiary/aromatic N) is 1. The molecule has 2 aromatic rings. The van der Waals surface area contributed by atoms with Crippen LogP contribution in [0.2, 0.25) is 0 Å². The lowest BCUT2D eigenvalue weighted by Gasteiger charge is -2.30. The van der Waals surface area contributed by atoms with E-state index in [4.69, 9.17) is 0 Å². The van der Waals surface area contributed by atoms with Gasteiger partial charge >= 0.3 is 0 Å². The molecule has 5 heteroatoms. The molecular weight excluding hydrogens is 386 g/mol. The minimum Gasteiger partial charge on any atom is -0.343 e. The van der Waals surface area contributed by atoms with Gasteiger partial charge in [0.15, 0.2) is 0 Å². The van der Waals surface area contributed by atoms with Crippen LogP contribution in [0.5, 0.6) is 0 Å². The Labute approximate surface area is 186 Å². The Kier molecular flexibility index (Phi) is 7.50. The van der Waals surface area contributed by atoms with Gasteiger partial charge in [-0.1, -0.05) is 52.0 Å². The third kappa shape index (κ3) is 6.93. The monoisotopic (exact) mass is 421 g/mol. The molecule has 31 heavy (non-hydrogen) atoms. The maximum absolute atomic E-state index is 12.3. The van der Waals surface area contributed by atoms with Crippen LogP contribution in [0.25, 0.3) is 0 Å². The Morgan fingerprint density at radius 2 is 1.58 bits per heavy atom. The lowest BCUT2D eigenvalue weighted by Crippen LogP contribution is -2.33. The number of likely N-dealkylation sites (tertiary alicyclic amines) is 1. The SMILES string of the molecule is CC1CCN(Cc2ccc(NC(=O)CNC(=O)c3ccc(C(C)(C)C)cc3)cc2)CC1. The highest BCUT2D eigenvalue weighted by Crippen LogP contribution is 2.22. The van der Waals surface area contributed by atoms with Crippen LogP contribution in [0.4, 0.5) is 5.69 Å². The van der Waals surface area contributed by atoms with E-state index in [1.54, 1.807) is 12.1 Å². The summed E-state index contributed by atoms with van der Waals surface area (Å²) >= 11 is 0. The van der Waals surface area contributed by atoms with Crippen LogP contribution in [0.3, 0.4) is 0 Å². The fourth-order valence-corrected chi connectivity index (χ4v) is 3.76. The molecule has 1 aliphatic rings. The minimum atomic E-state index is -0.248. The van der Waals surface area contributed by atoms with Crippen LogP contribution >= 0.6 is 0 Å². The van der Waals surface area contributed by atoms with Gasteiger partial charge in [0.05, 0.1) is 6.54 Å². The van der Waals surface area contributed by atoms with E-state index in [-0.39, 0.29) is 23.8 Å². The third-order valence-corrected chi connectivity index (χ3v) is 5.94. The predicted octanol–water partition coefficient (Wildman–Crippen LogP) is 4.58. The van der Waals surface area contributed by atoms with Crippen LogP contribution in [-0.2, 0) is 16.8 Å². The van der Waals surface area contributed by atoms with E-state index in [0.29, 0.717) is 5.56 Å². The van der Waals surface area contributed by atoms with E-state index >= 15 is 0 Å². The first-order chi connectivity index (χ1) is 14.7. The molecule has 166 valence electrons. The molecular formula is C26H35N3O2. The van der Waals surface area contributed by atoms with Crippen molar-refractivity contribution >= 4 is 17.5 Å². The van der Waals surface area contributed by atoms with Crippen molar-refractivity contribution in [2.24, 2.45) is 5.92 Å². The van der Waals surface area contributed by atoms with Crippen LogP contribution < -0.4 is 10.6 Å². The van der Waals surface area contributed by atoms with Crippen molar-refractivity contribution in [3.05, 3.63) is 65.2 Å². The molecule has 1 heterocycles. The number of nitrogens with one attached hydrogen (secondary N) is 2. The Bertz CT molecular complexity index is 874. The highest BCUT2D eigenvalue weighted by molar-refractivity contribution is 5.99. The smallest absolute Gasteiger partial charge is 0.251 e. The molecule has 3 rings (SSSR count). The molecule has 0 aromatic heterocycles. The molecule has 0 atom stereocenters. The Hall–Kier alpha value is -2.66. The van der Waals surface area contributed by atoms with Crippen molar-refractivity contribution in [2.75, 3.05) is 25.0 Å². The summed E-state index contributed by atoms with van der Waals surface area (Å²) in [5.41, 5.74) is 3.75. The summed E-state index contributed by atoms with van der Waals surface area (Å²) in [5.74, 6) is 0.344. The lowest BCUT2D eigenvalue weighted by molar-refractivity contribution is -0.115. The number of benzene rings is 2. The van der Waals surface area contributed by atoms with Gasteiger partial charge < -0.3 is 10.6 Å². The van der Waals surface area contributed by atoms with Crippen molar-refractivity contribution in [1.82, 2.24) is 10.2 Å². The average Bonchev–Trinajstić information content (AvgIpc) is 2.74. The number of hydrogen-bond acceptors (Lipinski definition) is 3. The topological polar surface area (TPSA) is 61.4 Å². The molecule has 0 radical (unpaired) electrons. The van der Waals surface area contributed by atoms with E-state index in [2.05, 4.69) is 55.4 Å². The largest absolute Gasteiger partial charge is 0.343 e. The van der Waals surface area contributed by atoms with Gasteiger partial charge in [-0.15, -0.1) is 0 Å². The molecule has 1 aliphatic heterocycles. The van der Waals surface area contributed by atoms with E-state index in [0.717, 1.165) is 31.2 Å². The number of piperidine rings is 1. The van der Waals surface area contributed by atoms with Gasteiger partial charge in [0.2, 0.25) is 5.91 Å². The van der Waals surface area contributed by atoms with Crippen LogP contribution in [-0.4, -0.2) is 36.3 Å². The maximum Gasteiger partial charge on any atom is 0.251 e. The predicted molar refractivity (Wildman–Crippen MR) is 126 cm³/mol. The van der Waals surface area contributed by atoms with E-state index in [1.165, 1.54) is 24.0 Å². The molecule has 0 aliphatic carbocycles. The number of carbonyl (C=O) groups excluding carboxylic acids is 2. The van der Waals surface area contributed by atoms with Gasteiger partial charge in [-0.3, -0.25) is 14.5 Å². The molecule has 2 amide bonds. The van der Waals surface area contributed by atoms with Gasteiger partial charge in [0.1, 0.15) is 0 Å². The number of rotatable bonds is 6. The summed E-state index contributed by atoms with van der Waals surface area (Å²) in [6, 6.07) is 15.5. The first kappa shape index (κ1) is 23.0. The highest BCUT2D eigenvalue weighted by Gasteiger charge is 2.16. The van der Waals surface area contributed by atoms with Crippen molar-refractivity contribution in [3.63, 3.8) is 0 Å². The van der Waals surface area contributed by atoms with Crippen molar-refractivity contribution in [3.8, 4) is 0 Å². The van der Waals surface area contributed by atoms with E-state index in [1.807, 2.05) is 24.3 Å². The van der Waals surface area contributed by atoms with Crippen molar-refractivity contribution in [2.45, 2.75) is 52.5 Å². The highest BCUT2D eigenvalue weighted by atomic mass is 16.2. The first-order valence-corrected chi connectivity index (χ1v) is 11.2. The van der Waals surface area contributed by atoms with Crippen LogP contribution in [0.1, 0.15) is 62.0 Å². The number of amides is 2. The number of carbonyl (C=O) groups is 2. The van der Waals surface area contributed by atoms with E-state index in [9.17, 15) is 9.59 Å². The summed E-state index contributed by atoms with van der Waals surface area (Å²) in [4.78, 5) is 27.0. The van der Waals surface area contributed by atoms with Crippen LogP contribution in [0, 0.1) is 5.92 Å². The average molecular weight is 422 g/mol. The summed E-state index contributed by atoms with van der Waals surface area (Å²) in [7, 11) is 0. The molecule has 0 saturated carbocycles. The standard InChI is InChI=1S/C26H35N3O2/c1-19-13-15-29(16-14-19)18-20-5-11-23(12-6-20)28-24(30)17-27-25(31)21-7-9-22(10-8-21)26(2,3)4/h5-12,19H,13-18H2,1-4H3,(H,27,31)(H,28,30). The van der Waals surface area contributed by atoms with Crippen LogP contribution in [0.15, 0.2) is 48.5 Å².